The lowest BCUT2D eigenvalue weighted by Crippen LogP contribution is -2.54. The second-order valence-corrected chi connectivity index (χ2v) is 13.5. The molecule has 11 nitrogen and oxygen atoms in total. The van der Waals surface area contributed by atoms with Crippen molar-refractivity contribution in [3.63, 3.8) is 0 Å². The summed E-state index contributed by atoms with van der Waals surface area (Å²) in [7, 11) is -3.72. The summed E-state index contributed by atoms with van der Waals surface area (Å²) in [4.78, 5) is 43.3. The van der Waals surface area contributed by atoms with Crippen molar-refractivity contribution in [3.8, 4) is 0 Å². The molecule has 0 radical (unpaired) electrons. The Balaban J connectivity index is 1.43. The van der Waals surface area contributed by atoms with Crippen LogP contribution < -0.4 is 16.4 Å². The molecule has 4 rings (SSSR count). The standard InChI is InChI=1S/C24H31ClN6O5S/c1-23(2,14-29-19(32)11-26)37(35,36)24(7-8-24)15-30-9-10-31-18(22(30)34)13-27-20(31)21(33)28-12-16-3-5-17(25)6-4-16/h3-6,13H,7-12,14-15,26H2,1-2H3,(H,28,33)(H,29,32). The number of imidazole rings is 1. The van der Waals surface area contributed by atoms with E-state index in [-0.39, 0.29) is 50.1 Å². The van der Waals surface area contributed by atoms with E-state index < -0.39 is 31.1 Å². The lowest BCUT2D eigenvalue weighted by Gasteiger charge is -2.35. The van der Waals surface area contributed by atoms with E-state index in [0.29, 0.717) is 24.4 Å². The van der Waals surface area contributed by atoms with Gasteiger partial charge in [0.05, 0.1) is 22.2 Å². The van der Waals surface area contributed by atoms with E-state index in [2.05, 4.69) is 15.6 Å². The Morgan fingerprint density at radius 2 is 1.84 bits per heavy atom. The molecular formula is C24H31ClN6O5S. The van der Waals surface area contributed by atoms with Crippen molar-refractivity contribution in [1.82, 2.24) is 25.1 Å². The molecule has 0 unspecified atom stereocenters. The highest BCUT2D eigenvalue weighted by molar-refractivity contribution is 7.94. The number of fused-ring (bicyclic) bond motifs is 1. The summed E-state index contributed by atoms with van der Waals surface area (Å²) in [5.74, 6) is -1.08. The van der Waals surface area contributed by atoms with Crippen molar-refractivity contribution in [2.75, 3.05) is 26.2 Å². The number of aromatic nitrogens is 2. The molecule has 1 aromatic heterocycles. The lowest BCUT2D eigenvalue weighted by atomic mass is 10.2. The summed E-state index contributed by atoms with van der Waals surface area (Å²) in [5, 5.41) is 5.96. The van der Waals surface area contributed by atoms with Gasteiger partial charge in [-0.15, -0.1) is 0 Å². The van der Waals surface area contributed by atoms with Crippen LogP contribution in [0.3, 0.4) is 0 Å². The predicted octanol–water partition coefficient (Wildman–Crippen LogP) is 0.723. The molecule has 4 N–H and O–H groups in total. The Labute approximate surface area is 220 Å². The van der Waals surface area contributed by atoms with Gasteiger partial charge < -0.3 is 25.8 Å². The summed E-state index contributed by atoms with van der Waals surface area (Å²) < 4.78 is 26.4. The lowest BCUT2D eigenvalue weighted by molar-refractivity contribution is -0.119. The van der Waals surface area contributed by atoms with Crippen molar-refractivity contribution in [3.05, 3.63) is 52.6 Å². The van der Waals surface area contributed by atoms with E-state index >= 15 is 0 Å². The molecule has 1 fully saturated rings. The zero-order chi connectivity index (χ0) is 27.0. The zero-order valence-electron chi connectivity index (χ0n) is 20.8. The SMILES string of the molecule is CC(C)(CNC(=O)CN)S(=O)(=O)C1(CN2CCn3c(cnc3C(=O)NCc3ccc(Cl)cc3)C2=O)CC1. The fourth-order valence-corrected chi connectivity index (χ4v) is 7.04. The number of halogens is 1. The average Bonchev–Trinajstić information content (AvgIpc) is 3.53. The molecule has 2 aliphatic rings. The fourth-order valence-electron chi connectivity index (χ4n) is 4.52. The Hall–Kier alpha value is -2.96. The average molecular weight is 551 g/mol. The number of nitrogens with two attached hydrogens (primary N) is 1. The van der Waals surface area contributed by atoms with Gasteiger partial charge in [-0.05, 0) is 44.4 Å². The van der Waals surface area contributed by atoms with Gasteiger partial charge in [0.15, 0.2) is 15.7 Å². The highest BCUT2D eigenvalue weighted by atomic mass is 35.5. The van der Waals surface area contributed by atoms with Crippen molar-refractivity contribution >= 4 is 39.2 Å². The molecule has 2 heterocycles. The van der Waals surface area contributed by atoms with Gasteiger partial charge in [0.1, 0.15) is 5.69 Å². The van der Waals surface area contributed by atoms with E-state index in [0.717, 1.165) is 5.56 Å². The van der Waals surface area contributed by atoms with Crippen molar-refractivity contribution in [2.45, 2.75) is 49.3 Å². The molecule has 37 heavy (non-hydrogen) atoms. The maximum atomic E-state index is 13.6. The van der Waals surface area contributed by atoms with Gasteiger partial charge >= 0.3 is 0 Å². The fraction of sp³-hybridized carbons (Fsp3) is 0.500. The molecule has 1 aromatic carbocycles. The maximum absolute atomic E-state index is 13.6. The van der Waals surface area contributed by atoms with Crippen molar-refractivity contribution in [1.29, 1.82) is 0 Å². The van der Waals surface area contributed by atoms with E-state index in [1.807, 2.05) is 0 Å². The molecule has 0 saturated heterocycles. The molecular weight excluding hydrogens is 520 g/mol. The summed E-state index contributed by atoms with van der Waals surface area (Å²) in [6, 6.07) is 7.08. The predicted molar refractivity (Wildman–Crippen MR) is 138 cm³/mol. The monoisotopic (exact) mass is 550 g/mol. The molecule has 0 spiro atoms. The highest BCUT2D eigenvalue weighted by Gasteiger charge is 2.60. The Kier molecular flexibility index (Phi) is 7.37. The van der Waals surface area contributed by atoms with Crippen molar-refractivity contribution in [2.24, 2.45) is 5.73 Å². The normalized spacial score (nSPS) is 16.8. The first-order chi connectivity index (χ1) is 17.4. The molecule has 0 atom stereocenters. The number of nitrogens with one attached hydrogen (secondary N) is 2. The van der Waals surface area contributed by atoms with Crippen LogP contribution in [0.5, 0.6) is 0 Å². The minimum absolute atomic E-state index is 0.0473. The first-order valence-electron chi connectivity index (χ1n) is 12.0. The molecule has 2 aromatic rings. The number of hydrogen-bond acceptors (Lipinski definition) is 7. The van der Waals surface area contributed by atoms with Crippen LogP contribution in [0.25, 0.3) is 0 Å². The van der Waals surface area contributed by atoms with Gasteiger partial charge in [-0.2, -0.15) is 0 Å². The minimum atomic E-state index is -3.72. The molecule has 3 amide bonds. The van der Waals surface area contributed by atoms with E-state index in [9.17, 15) is 22.8 Å². The van der Waals surface area contributed by atoms with E-state index in [1.165, 1.54) is 11.1 Å². The number of carbonyl (C=O) groups excluding carboxylic acids is 3. The number of hydrogen-bond donors (Lipinski definition) is 3. The van der Waals surface area contributed by atoms with Gasteiger partial charge in [0.2, 0.25) is 5.91 Å². The number of rotatable bonds is 10. The summed E-state index contributed by atoms with van der Waals surface area (Å²) in [6.07, 6.45) is 2.22. The maximum Gasteiger partial charge on any atom is 0.287 e. The topological polar surface area (TPSA) is 156 Å². The van der Waals surface area contributed by atoms with Crippen LogP contribution in [-0.2, 0) is 27.7 Å². The molecule has 13 heteroatoms. The first-order valence-corrected chi connectivity index (χ1v) is 13.9. The number of sulfone groups is 1. The summed E-state index contributed by atoms with van der Waals surface area (Å²) in [5.41, 5.74) is 6.42. The number of amides is 3. The van der Waals surface area contributed by atoms with Crippen LogP contribution in [0.2, 0.25) is 5.02 Å². The molecule has 0 bridgehead atoms. The molecule has 1 saturated carbocycles. The van der Waals surface area contributed by atoms with Crippen LogP contribution in [0.15, 0.2) is 30.5 Å². The third-order valence-electron chi connectivity index (χ3n) is 7.01. The summed E-state index contributed by atoms with van der Waals surface area (Å²) >= 11 is 5.89. The Morgan fingerprint density at radius 1 is 1.16 bits per heavy atom. The number of carbonyl (C=O) groups is 3. The summed E-state index contributed by atoms with van der Waals surface area (Å²) in [6.45, 7) is 3.74. The number of nitrogens with zero attached hydrogens (tertiary/aromatic N) is 3. The Morgan fingerprint density at radius 3 is 2.46 bits per heavy atom. The van der Waals surface area contributed by atoms with Gasteiger partial charge in [-0.25, -0.2) is 13.4 Å². The van der Waals surface area contributed by atoms with Gasteiger partial charge in [-0.3, -0.25) is 14.4 Å². The molecule has 1 aliphatic heterocycles. The molecule has 1 aliphatic carbocycles. The van der Waals surface area contributed by atoms with Gasteiger partial charge in [-0.1, -0.05) is 23.7 Å². The largest absolute Gasteiger partial charge is 0.353 e. The van der Waals surface area contributed by atoms with E-state index in [4.69, 9.17) is 17.3 Å². The second-order valence-electron chi connectivity index (χ2n) is 10.1. The van der Waals surface area contributed by atoms with Crippen LogP contribution in [0.1, 0.15) is 53.4 Å². The second kappa shape index (κ2) is 10.1. The first kappa shape index (κ1) is 27.1. The van der Waals surface area contributed by atoms with Crippen molar-refractivity contribution < 1.29 is 22.8 Å². The van der Waals surface area contributed by atoms with E-state index in [1.54, 1.807) is 42.7 Å². The third kappa shape index (κ3) is 5.23. The van der Waals surface area contributed by atoms with Gasteiger partial charge in [0.25, 0.3) is 11.8 Å². The third-order valence-corrected chi connectivity index (χ3v) is 10.5. The highest BCUT2D eigenvalue weighted by Crippen LogP contribution is 2.49. The van der Waals surface area contributed by atoms with Crippen LogP contribution in [0.4, 0.5) is 0 Å². The quantitative estimate of drug-likeness (QED) is 0.393. The smallest absolute Gasteiger partial charge is 0.287 e. The van der Waals surface area contributed by atoms with Crippen LogP contribution in [-0.4, -0.2) is 76.3 Å². The van der Waals surface area contributed by atoms with Crippen LogP contribution in [0, 0.1) is 0 Å². The molecule has 200 valence electrons. The minimum Gasteiger partial charge on any atom is -0.353 e. The van der Waals surface area contributed by atoms with Crippen LogP contribution >= 0.6 is 11.6 Å². The Bertz CT molecular complexity index is 1320. The van der Waals surface area contributed by atoms with Gasteiger partial charge in [0, 0.05) is 37.7 Å². The number of benzene rings is 1. The zero-order valence-corrected chi connectivity index (χ0v) is 22.4.